The van der Waals surface area contributed by atoms with Gasteiger partial charge in [0.15, 0.2) is 0 Å². The van der Waals surface area contributed by atoms with E-state index in [1.54, 1.807) is 12.3 Å². The number of rotatable bonds is 3. The molecule has 1 N–H and O–H groups in total. The molecule has 0 aliphatic carbocycles. The molecule has 0 spiro atoms. The molecule has 94 valence electrons. The van der Waals surface area contributed by atoms with Crippen molar-refractivity contribution in [2.45, 2.75) is 12.6 Å². The molecule has 1 saturated heterocycles. The Hall–Kier alpha value is -1.40. The second kappa shape index (κ2) is 5.29. The molecule has 17 heavy (non-hydrogen) atoms. The molecule has 1 aromatic heterocycles. The summed E-state index contributed by atoms with van der Waals surface area (Å²) in [5.41, 5.74) is 0.722. The quantitative estimate of drug-likeness (QED) is 0.754. The lowest BCUT2D eigenvalue weighted by atomic mass is 10.3. The zero-order valence-electron chi connectivity index (χ0n) is 10.2. The number of morpholine rings is 1. The molecule has 1 atom stereocenters. The maximum Gasteiger partial charge on any atom is 0.268 e. The first kappa shape index (κ1) is 12.1. The lowest BCUT2D eigenvalue weighted by Gasteiger charge is -2.23. The van der Waals surface area contributed by atoms with Crippen molar-refractivity contribution >= 4 is 5.69 Å². The van der Waals surface area contributed by atoms with E-state index in [9.17, 15) is 4.79 Å². The zero-order chi connectivity index (χ0) is 12.3. The molecular weight excluding hydrogens is 220 g/mol. The van der Waals surface area contributed by atoms with Crippen LogP contribution in [0, 0.1) is 0 Å². The summed E-state index contributed by atoms with van der Waals surface area (Å²) in [5.74, 6) is 0. The van der Waals surface area contributed by atoms with Gasteiger partial charge >= 0.3 is 0 Å². The number of aromatic nitrogens is 2. The van der Waals surface area contributed by atoms with Crippen LogP contribution in [-0.4, -0.2) is 49.7 Å². The van der Waals surface area contributed by atoms with Gasteiger partial charge in [-0.3, -0.25) is 4.79 Å². The first-order chi connectivity index (χ1) is 8.16. The summed E-state index contributed by atoms with van der Waals surface area (Å²) in [6, 6.07) is 1.59. The van der Waals surface area contributed by atoms with Crippen LogP contribution in [0.25, 0.3) is 0 Å². The first-order valence-electron chi connectivity index (χ1n) is 5.73. The van der Waals surface area contributed by atoms with Gasteiger partial charge in [-0.25, -0.2) is 4.68 Å². The molecule has 0 saturated carbocycles. The predicted molar refractivity (Wildman–Crippen MR) is 65.4 cm³/mol. The van der Waals surface area contributed by atoms with Crippen molar-refractivity contribution in [3.8, 4) is 0 Å². The summed E-state index contributed by atoms with van der Waals surface area (Å²) >= 11 is 0. The van der Waals surface area contributed by atoms with Crippen molar-refractivity contribution in [3.63, 3.8) is 0 Å². The third-order valence-corrected chi connectivity index (χ3v) is 2.75. The monoisotopic (exact) mass is 238 g/mol. The Bertz CT molecular complexity index is 424. The van der Waals surface area contributed by atoms with Crippen LogP contribution in [0.2, 0.25) is 0 Å². The molecule has 6 heteroatoms. The van der Waals surface area contributed by atoms with Gasteiger partial charge in [0.05, 0.1) is 31.1 Å². The number of hydrogen-bond donors (Lipinski definition) is 1. The van der Waals surface area contributed by atoms with Crippen LogP contribution < -0.4 is 15.8 Å². The normalized spacial score (nSPS) is 20.2. The minimum absolute atomic E-state index is 0.0270. The van der Waals surface area contributed by atoms with Gasteiger partial charge in [-0.1, -0.05) is 0 Å². The fourth-order valence-electron chi connectivity index (χ4n) is 1.74. The first-order valence-corrected chi connectivity index (χ1v) is 5.73. The smallest absolute Gasteiger partial charge is 0.268 e. The Morgan fingerprint density at radius 1 is 1.65 bits per heavy atom. The van der Waals surface area contributed by atoms with Crippen LogP contribution in [0.15, 0.2) is 17.1 Å². The van der Waals surface area contributed by atoms with E-state index in [0.717, 1.165) is 18.8 Å². The van der Waals surface area contributed by atoms with Gasteiger partial charge in [-0.15, -0.1) is 0 Å². The van der Waals surface area contributed by atoms with Crippen LogP contribution in [0.1, 0.15) is 0 Å². The number of hydrogen-bond acceptors (Lipinski definition) is 5. The van der Waals surface area contributed by atoms with Crippen molar-refractivity contribution in [2.24, 2.45) is 0 Å². The Labute approximate surface area is 100 Å². The molecule has 0 aromatic carbocycles. The van der Waals surface area contributed by atoms with Gasteiger partial charge in [0.2, 0.25) is 0 Å². The van der Waals surface area contributed by atoms with E-state index in [0.29, 0.717) is 13.2 Å². The fraction of sp³-hybridized carbons (Fsp3) is 0.636. The molecule has 1 aliphatic rings. The maximum atomic E-state index is 11.8. The Kier molecular flexibility index (Phi) is 3.75. The fourth-order valence-corrected chi connectivity index (χ4v) is 1.74. The maximum absolute atomic E-state index is 11.8. The van der Waals surface area contributed by atoms with E-state index in [2.05, 4.69) is 10.4 Å². The summed E-state index contributed by atoms with van der Waals surface area (Å²) < 4.78 is 6.99. The second-order valence-corrected chi connectivity index (χ2v) is 4.33. The molecule has 2 heterocycles. The molecule has 1 unspecified atom stereocenters. The standard InChI is InChI=1S/C11H18N4O2/c1-14(2)9-5-11(16)15(13-6-9)8-10-7-12-3-4-17-10/h5-6,10,12H,3-4,7-8H2,1-2H3. The van der Waals surface area contributed by atoms with Crippen molar-refractivity contribution in [2.75, 3.05) is 38.7 Å². The zero-order valence-corrected chi connectivity index (χ0v) is 10.2. The predicted octanol–water partition coefficient (Wildman–Crippen LogP) is -0.702. The number of nitrogens with one attached hydrogen (secondary N) is 1. The summed E-state index contributed by atoms with van der Waals surface area (Å²) in [6.07, 6.45) is 1.72. The highest BCUT2D eigenvalue weighted by atomic mass is 16.5. The SMILES string of the molecule is CN(C)c1cnn(CC2CNCCO2)c(=O)c1. The number of nitrogens with zero attached hydrogens (tertiary/aromatic N) is 3. The average Bonchev–Trinajstić information content (AvgIpc) is 2.33. The van der Waals surface area contributed by atoms with Crippen LogP contribution in [0.5, 0.6) is 0 Å². The minimum atomic E-state index is -0.0922. The highest BCUT2D eigenvalue weighted by molar-refractivity contribution is 5.40. The Morgan fingerprint density at radius 2 is 2.47 bits per heavy atom. The summed E-state index contributed by atoms with van der Waals surface area (Å²) in [5, 5.41) is 7.38. The average molecular weight is 238 g/mol. The van der Waals surface area contributed by atoms with Gasteiger partial charge in [0.1, 0.15) is 0 Å². The Morgan fingerprint density at radius 3 is 3.06 bits per heavy atom. The summed E-state index contributed by atoms with van der Waals surface area (Å²) in [6.45, 7) is 2.83. The van der Waals surface area contributed by atoms with E-state index >= 15 is 0 Å². The van der Waals surface area contributed by atoms with Crippen LogP contribution in [-0.2, 0) is 11.3 Å². The molecule has 0 radical (unpaired) electrons. The van der Waals surface area contributed by atoms with E-state index in [1.807, 2.05) is 19.0 Å². The van der Waals surface area contributed by atoms with E-state index in [1.165, 1.54) is 4.68 Å². The van der Waals surface area contributed by atoms with Crippen molar-refractivity contribution in [3.05, 3.63) is 22.6 Å². The van der Waals surface area contributed by atoms with Crippen LogP contribution in [0.4, 0.5) is 5.69 Å². The molecule has 1 aromatic rings. The highest BCUT2D eigenvalue weighted by Crippen LogP contribution is 2.04. The van der Waals surface area contributed by atoms with Crippen LogP contribution in [0.3, 0.4) is 0 Å². The van der Waals surface area contributed by atoms with E-state index < -0.39 is 0 Å². The van der Waals surface area contributed by atoms with Crippen LogP contribution >= 0.6 is 0 Å². The van der Waals surface area contributed by atoms with E-state index in [-0.39, 0.29) is 11.7 Å². The molecular formula is C11H18N4O2. The van der Waals surface area contributed by atoms with E-state index in [4.69, 9.17) is 4.74 Å². The minimum Gasteiger partial charge on any atom is -0.376 e. The lowest BCUT2D eigenvalue weighted by Crippen LogP contribution is -2.42. The molecule has 2 rings (SSSR count). The third kappa shape index (κ3) is 3.04. The molecule has 1 fully saturated rings. The lowest BCUT2D eigenvalue weighted by molar-refractivity contribution is 0.0153. The van der Waals surface area contributed by atoms with Gasteiger partial charge < -0.3 is 15.0 Å². The molecule has 1 aliphatic heterocycles. The van der Waals surface area contributed by atoms with Crippen molar-refractivity contribution in [1.82, 2.24) is 15.1 Å². The third-order valence-electron chi connectivity index (χ3n) is 2.75. The van der Waals surface area contributed by atoms with Gasteiger partial charge in [0.25, 0.3) is 5.56 Å². The van der Waals surface area contributed by atoms with Gasteiger partial charge in [-0.2, -0.15) is 5.10 Å². The number of anilines is 1. The summed E-state index contributed by atoms with van der Waals surface area (Å²) in [7, 11) is 3.77. The highest BCUT2D eigenvalue weighted by Gasteiger charge is 2.15. The summed E-state index contributed by atoms with van der Waals surface area (Å²) in [4.78, 5) is 13.7. The largest absolute Gasteiger partial charge is 0.376 e. The number of ether oxygens (including phenoxy) is 1. The molecule has 0 bridgehead atoms. The van der Waals surface area contributed by atoms with Crippen molar-refractivity contribution < 1.29 is 4.74 Å². The van der Waals surface area contributed by atoms with Gasteiger partial charge in [-0.05, 0) is 0 Å². The Balaban J connectivity index is 2.08. The molecule has 6 nitrogen and oxygen atoms in total. The van der Waals surface area contributed by atoms with Gasteiger partial charge in [0, 0.05) is 33.3 Å². The second-order valence-electron chi connectivity index (χ2n) is 4.33. The topological polar surface area (TPSA) is 59.4 Å². The molecule has 0 amide bonds. The van der Waals surface area contributed by atoms with Crippen molar-refractivity contribution in [1.29, 1.82) is 0 Å².